The number of carbonyl (C=O) groups excluding carboxylic acids is 4. The van der Waals surface area contributed by atoms with Crippen LogP contribution >= 0.6 is 23.2 Å². The molecule has 3 saturated heterocycles. The predicted molar refractivity (Wildman–Crippen MR) is 156 cm³/mol. The number of amides is 4. The van der Waals surface area contributed by atoms with E-state index >= 15 is 0 Å². The highest BCUT2D eigenvalue weighted by molar-refractivity contribution is 6.35. The lowest BCUT2D eigenvalue weighted by Crippen LogP contribution is -2.54. The van der Waals surface area contributed by atoms with Crippen LogP contribution < -0.4 is 4.90 Å². The summed E-state index contributed by atoms with van der Waals surface area (Å²) in [5.74, 6) is -1.46. The van der Waals surface area contributed by atoms with Gasteiger partial charge in [0.2, 0.25) is 5.91 Å². The van der Waals surface area contributed by atoms with Crippen molar-refractivity contribution < 1.29 is 23.9 Å². The summed E-state index contributed by atoms with van der Waals surface area (Å²) in [6.07, 6.45) is 1.07. The van der Waals surface area contributed by atoms with E-state index in [1.54, 1.807) is 43.1 Å². The van der Waals surface area contributed by atoms with Crippen molar-refractivity contribution in [3.63, 3.8) is 0 Å². The van der Waals surface area contributed by atoms with E-state index in [0.717, 1.165) is 10.5 Å². The Bertz CT molecular complexity index is 1430. The molecule has 12 heteroatoms. The fourth-order valence-electron chi connectivity index (χ4n) is 6.33. The van der Waals surface area contributed by atoms with Crippen LogP contribution in [0.5, 0.6) is 0 Å². The Kier molecular flexibility index (Phi) is 8.46. The Balaban J connectivity index is 1.42. The minimum absolute atomic E-state index is 0.0525. The highest BCUT2D eigenvalue weighted by atomic mass is 35.5. The second kappa shape index (κ2) is 11.9. The molecule has 0 radical (unpaired) electrons. The molecule has 10 nitrogen and oxygen atoms in total. The average molecular weight is 613 g/mol. The third-order valence-electron chi connectivity index (χ3n) is 8.51. The van der Waals surface area contributed by atoms with Gasteiger partial charge in [-0.15, -0.1) is 0 Å². The van der Waals surface area contributed by atoms with E-state index in [0.29, 0.717) is 44.6 Å². The fourth-order valence-corrected chi connectivity index (χ4v) is 6.84. The zero-order chi connectivity index (χ0) is 30.2. The summed E-state index contributed by atoms with van der Waals surface area (Å²) in [4.78, 5) is 59.7. The molecule has 3 aliphatic rings. The number of anilines is 1. The molecule has 0 saturated carbocycles. The molecule has 3 heterocycles. The minimum atomic E-state index is -1.31. The van der Waals surface area contributed by atoms with Crippen molar-refractivity contribution in [1.29, 1.82) is 5.26 Å². The summed E-state index contributed by atoms with van der Waals surface area (Å²) >= 11 is 12.4. The monoisotopic (exact) mass is 611 g/mol. The highest BCUT2D eigenvalue weighted by Gasteiger charge is 2.64. The fraction of sp³-hybridized carbons (Fsp3) is 0.433. The summed E-state index contributed by atoms with van der Waals surface area (Å²) in [6, 6.07) is 13.1. The third-order valence-corrected chi connectivity index (χ3v) is 8.94. The van der Waals surface area contributed by atoms with Crippen LogP contribution in [0.2, 0.25) is 10.0 Å². The van der Waals surface area contributed by atoms with E-state index in [2.05, 4.69) is 6.07 Å². The lowest BCUT2D eigenvalue weighted by molar-refractivity contribution is -0.151. The molecule has 2 unspecified atom stereocenters. The molecule has 0 N–H and O–H groups in total. The number of halogens is 2. The van der Waals surface area contributed by atoms with Crippen molar-refractivity contribution in [2.24, 2.45) is 5.92 Å². The molecule has 0 bridgehead atoms. The molecule has 2 aromatic carbocycles. The molecule has 0 aliphatic carbocycles. The van der Waals surface area contributed by atoms with Crippen LogP contribution in [0.3, 0.4) is 0 Å². The van der Waals surface area contributed by atoms with Crippen molar-refractivity contribution in [3.05, 3.63) is 63.6 Å². The van der Waals surface area contributed by atoms with Gasteiger partial charge in [0.15, 0.2) is 0 Å². The number of imide groups is 1. The Hall–Kier alpha value is -3.65. The molecule has 220 valence electrons. The second-order valence-corrected chi connectivity index (χ2v) is 11.8. The van der Waals surface area contributed by atoms with Gasteiger partial charge in [-0.3, -0.25) is 19.3 Å². The van der Waals surface area contributed by atoms with E-state index in [9.17, 15) is 24.4 Å². The third kappa shape index (κ3) is 5.33. The van der Waals surface area contributed by atoms with Gasteiger partial charge in [-0.2, -0.15) is 5.26 Å². The summed E-state index contributed by atoms with van der Waals surface area (Å²) in [5, 5.41) is 9.88. The van der Waals surface area contributed by atoms with E-state index in [4.69, 9.17) is 27.9 Å². The first-order valence-corrected chi connectivity index (χ1v) is 14.6. The lowest BCUT2D eigenvalue weighted by atomic mass is 9.80. The standard InChI is InChI=1S/C30H31Cl2N5O5/c1-3-42-27(39)21-8-10-36(11-9-21)26(38)17-35-16-25(20-6-4-19(15-33)5-7-20)30(18-35)28(40)37(29(41)34(30)2)24-13-22(31)12-23(32)14-24/h4-7,12-14,21,25H,3,8-11,16-18H2,1-2H3. The quantitative estimate of drug-likeness (QED) is 0.359. The van der Waals surface area contributed by atoms with Gasteiger partial charge in [-0.25, -0.2) is 9.69 Å². The maximum atomic E-state index is 14.3. The van der Waals surface area contributed by atoms with E-state index < -0.39 is 23.4 Å². The van der Waals surface area contributed by atoms with E-state index in [1.807, 2.05) is 4.90 Å². The molecular weight excluding hydrogens is 581 g/mol. The van der Waals surface area contributed by atoms with Crippen LogP contribution in [0, 0.1) is 17.2 Å². The van der Waals surface area contributed by atoms with Crippen LogP contribution in [-0.2, 0) is 19.1 Å². The molecule has 2 aromatic rings. The number of hydrogen-bond donors (Lipinski definition) is 0. The van der Waals surface area contributed by atoms with Gasteiger partial charge in [0.1, 0.15) is 5.54 Å². The maximum Gasteiger partial charge on any atom is 0.332 e. The lowest BCUT2D eigenvalue weighted by Gasteiger charge is -2.34. The topological polar surface area (TPSA) is 114 Å². The number of rotatable bonds is 6. The first-order chi connectivity index (χ1) is 20.1. The van der Waals surface area contributed by atoms with Crippen molar-refractivity contribution in [2.75, 3.05) is 51.3 Å². The van der Waals surface area contributed by atoms with E-state index in [1.165, 1.54) is 23.1 Å². The number of likely N-dealkylation sites (tertiary alicyclic amines) is 2. The van der Waals surface area contributed by atoms with Crippen molar-refractivity contribution >= 4 is 52.7 Å². The number of hydrogen-bond acceptors (Lipinski definition) is 7. The predicted octanol–water partition coefficient (Wildman–Crippen LogP) is 3.90. The average Bonchev–Trinajstić information content (AvgIpc) is 3.44. The first-order valence-electron chi connectivity index (χ1n) is 13.8. The number of ether oxygens (including phenoxy) is 1. The van der Waals surface area contributed by atoms with Gasteiger partial charge >= 0.3 is 12.0 Å². The van der Waals surface area contributed by atoms with Gasteiger partial charge in [0.25, 0.3) is 5.91 Å². The highest BCUT2D eigenvalue weighted by Crippen LogP contribution is 2.46. The van der Waals surface area contributed by atoms with Gasteiger partial charge in [0.05, 0.1) is 36.4 Å². The second-order valence-electron chi connectivity index (χ2n) is 10.9. The number of likely N-dealkylation sites (N-methyl/N-ethyl adjacent to an activating group) is 1. The molecule has 1 spiro atoms. The Labute approximate surface area is 254 Å². The zero-order valence-electron chi connectivity index (χ0n) is 23.4. The van der Waals surface area contributed by atoms with Gasteiger partial charge in [0, 0.05) is 49.2 Å². The number of carbonyl (C=O) groups is 4. The van der Waals surface area contributed by atoms with Crippen LogP contribution in [0.15, 0.2) is 42.5 Å². The zero-order valence-corrected chi connectivity index (χ0v) is 24.9. The molecule has 3 fully saturated rings. The number of nitriles is 1. The minimum Gasteiger partial charge on any atom is -0.466 e. The van der Waals surface area contributed by atoms with Crippen molar-refractivity contribution in [2.45, 2.75) is 31.2 Å². The Morgan fingerprint density at radius 2 is 1.71 bits per heavy atom. The number of esters is 1. The summed E-state index contributed by atoms with van der Waals surface area (Å²) in [7, 11) is 1.59. The molecule has 5 rings (SSSR count). The van der Waals surface area contributed by atoms with Crippen LogP contribution in [0.25, 0.3) is 0 Å². The Morgan fingerprint density at radius 3 is 2.31 bits per heavy atom. The number of piperidine rings is 1. The smallest absolute Gasteiger partial charge is 0.332 e. The SMILES string of the molecule is CCOC(=O)C1CCN(C(=O)CN2CC(c3ccc(C#N)cc3)C3(C2)C(=O)N(c2cc(Cl)cc(Cl)c2)C(=O)N3C)CC1. The van der Waals surface area contributed by atoms with Crippen molar-refractivity contribution in [1.82, 2.24) is 14.7 Å². The summed E-state index contributed by atoms with van der Waals surface area (Å²) in [6.45, 7) is 3.51. The van der Waals surface area contributed by atoms with Crippen molar-refractivity contribution in [3.8, 4) is 6.07 Å². The molecule has 4 amide bonds. The normalized spacial score (nSPS) is 23.1. The molecule has 3 aliphatic heterocycles. The van der Waals surface area contributed by atoms with Gasteiger partial charge < -0.3 is 14.5 Å². The summed E-state index contributed by atoms with van der Waals surface area (Å²) < 4.78 is 5.14. The number of nitrogens with zero attached hydrogens (tertiary/aromatic N) is 5. The van der Waals surface area contributed by atoms with E-state index in [-0.39, 0.29) is 46.6 Å². The molecule has 0 aromatic heterocycles. The molecular formula is C30H31Cl2N5O5. The molecule has 2 atom stereocenters. The van der Waals surface area contributed by atoms with Gasteiger partial charge in [-0.1, -0.05) is 35.3 Å². The maximum absolute atomic E-state index is 14.3. The summed E-state index contributed by atoms with van der Waals surface area (Å²) in [5.41, 5.74) is 0.209. The Morgan fingerprint density at radius 1 is 1.07 bits per heavy atom. The first kappa shape index (κ1) is 29.8. The number of urea groups is 1. The van der Waals surface area contributed by atoms with Crippen LogP contribution in [0.4, 0.5) is 10.5 Å². The van der Waals surface area contributed by atoms with Crippen LogP contribution in [-0.4, -0.2) is 90.4 Å². The van der Waals surface area contributed by atoms with Gasteiger partial charge in [-0.05, 0) is 55.7 Å². The number of benzene rings is 2. The van der Waals surface area contributed by atoms with Crippen LogP contribution in [0.1, 0.15) is 36.8 Å². The molecule has 42 heavy (non-hydrogen) atoms. The largest absolute Gasteiger partial charge is 0.466 e.